The van der Waals surface area contributed by atoms with Gasteiger partial charge >= 0.3 is 0 Å². The molecular formula is C21H23F2N5O2. The number of hydrogen-bond donors (Lipinski definition) is 2. The molecule has 2 heterocycles. The van der Waals surface area contributed by atoms with Gasteiger partial charge in [0.05, 0.1) is 18.0 Å². The molecule has 2 N–H and O–H groups in total. The van der Waals surface area contributed by atoms with Gasteiger partial charge in [0.2, 0.25) is 0 Å². The summed E-state index contributed by atoms with van der Waals surface area (Å²) in [5.41, 5.74) is 0.335. The molecule has 9 heteroatoms. The highest BCUT2D eigenvalue weighted by molar-refractivity contribution is 6.09. The van der Waals surface area contributed by atoms with Gasteiger partial charge in [-0.3, -0.25) is 10.2 Å². The van der Waals surface area contributed by atoms with Crippen LogP contribution in [0.5, 0.6) is 0 Å². The molecule has 0 spiro atoms. The zero-order chi connectivity index (χ0) is 21.7. The van der Waals surface area contributed by atoms with Crippen molar-refractivity contribution in [2.45, 2.75) is 26.0 Å². The summed E-state index contributed by atoms with van der Waals surface area (Å²) in [4.78, 5) is 21.8. The summed E-state index contributed by atoms with van der Waals surface area (Å²) >= 11 is 0. The Labute approximate surface area is 173 Å². The number of ether oxygens (including phenoxy) is 1. The summed E-state index contributed by atoms with van der Waals surface area (Å²) in [6.45, 7) is 2.49. The lowest BCUT2D eigenvalue weighted by atomic mass is 10.2. The van der Waals surface area contributed by atoms with Crippen molar-refractivity contribution in [1.29, 1.82) is 5.41 Å². The van der Waals surface area contributed by atoms with Crippen molar-refractivity contribution in [2.75, 3.05) is 25.1 Å². The molecule has 1 unspecified atom stereocenters. The number of halogens is 2. The molecule has 7 nitrogen and oxygen atoms in total. The third-order valence-electron chi connectivity index (χ3n) is 4.84. The van der Waals surface area contributed by atoms with Crippen molar-refractivity contribution in [3.63, 3.8) is 0 Å². The first-order valence-electron chi connectivity index (χ1n) is 9.48. The molecule has 0 saturated carbocycles. The monoisotopic (exact) mass is 415 g/mol. The lowest BCUT2D eigenvalue weighted by Gasteiger charge is -2.18. The Bertz CT molecular complexity index is 980. The molecule has 1 atom stereocenters. The summed E-state index contributed by atoms with van der Waals surface area (Å²) in [7, 11) is 1.61. The minimum Gasteiger partial charge on any atom is -0.380 e. The Morgan fingerprint density at radius 3 is 2.80 bits per heavy atom. The number of allylic oxidation sites excluding steroid dienone is 2. The van der Waals surface area contributed by atoms with Gasteiger partial charge in [0.25, 0.3) is 0 Å². The molecular weight excluding hydrogens is 392 g/mol. The largest absolute Gasteiger partial charge is 0.380 e. The summed E-state index contributed by atoms with van der Waals surface area (Å²) in [5.74, 6) is -1.23. The number of rotatable bonds is 8. The van der Waals surface area contributed by atoms with E-state index in [-0.39, 0.29) is 41.5 Å². The molecule has 158 valence electrons. The van der Waals surface area contributed by atoms with E-state index in [9.17, 15) is 13.6 Å². The van der Waals surface area contributed by atoms with Crippen LogP contribution in [0, 0.1) is 17.0 Å². The Balaban J connectivity index is 1.78. The smallest absolute Gasteiger partial charge is 0.183 e. The van der Waals surface area contributed by atoms with E-state index in [0.717, 1.165) is 12.6 Å². The molecule has 0 bridgehead atoms. The van der Waals surface area contributed by atoms with Crippen molar-refractivity contribution < 1.29 is 18.3 Å². The number of nitrogens with one attached hydrogen (secondary N) is 2. The third-order valence-corrected chi connectivity index (χ3v) is 4.84. The topological polar surface area (TPSA) is 91.2 Å². The van der Waals surface area contributed by atoms with E-state index in [1.165, 1.54) is 19.1 Å². The Hall–Kier alpha value is -3.20. The van der Waals surface area contributed by atoms with Crippen LogP contribution in [0.25, 0.3) is 0 Å². The first kappa shape index (κ1) is 21.5. The normalized spacial score (nSPS) is 16.6. The summed E-state index contributed by atoms with van der Waals surface area (Å²) < 4.78 is 33.4. The second-order valence-electron chi connectivity index (χ2n) is 6.93. The molecule has 3 rings (SSSR count). The maximum Gasteiger partial charge on any atom is 0.183 e. The first-order chi connectivity index (χ1) is 14.4. The maximum absolute atomic E-state index is 14.3. The first-order valence-corrected chi connectivity index (χ1v) is 9.48. The second-order valence-corrected chi connectivity index (χ2v) is 6.93. The Morgan fingerprint density at radius 2 is 2.13 bits per heavy atom. The van der Waals surface area contributed by atoms with Crippen LogP contribution in [0.2, 0.25) is 0 Å². The van der Waals surface area contributed by atoms with E-state index < -0.39 is 11.6 Å². The average molecular weight is 415 g/mol. The molecule has 1 aromatic heterocycles. The average Bonchev–Trinajstić information content (AvgIpc) is 3.21. The van der Waals surface area contributed by atoms with Crippen LogP contribution in [0.15, 0.2) is 42.2 Å². The summed E-state index contributed by atoms with van der Waals surface area (Å²) in [6.07, 6.45) is 3.03. The van der Waals surface area contributed by atoms with Gasteiger partial charge in [-0.05, 0) is 18.6 Å². The number of ketones is 1. The predicted molar refractivity (Wildman–Crippen MR) is 108 cm³/mol. The third kappa shape index (κ3) is 5.04. The zero-order valence-electron chi connectivity index (χ0n) is 16.8. The molecule has 0 amide bonds. The van der Waals surface area contributed by atoms with E-state index >= 15 is 0 Å². The fourth-order valence-corrected chi connectivity index (χ4v) is 3.14. The number of hydrogen-bond acceptors (Lipinski definition) is 7. The van der Waals surface area contributed by atoms with Crippen molar-refractivity contribution in [1.82, 2.24) is 15.3 Å². The van der Waals surface area contributed by atoms with Crippen molar-refractivity contribution in [2.24, 2.45) is 0 Å². The molecule has 1 fully saturated rings. The van der Waals surface area contributed by atoms with Crippen LogP contribution in [0.3, 0.4) is 0 Å². The minimum atomic E-state index is -0.586. The lowest BCUT2D eigenvalue weighted by Crippen LogP contribution is -2.25. The summed E-state index contributed by atoms with van der Waals surface area (Å²) in [5, 5.41) is 11.1. The van der Waals surface area contributed by atoms with Crippen LogP contribution >= 0.6 is 0 Å². The fourth-order valence-electron chi connectivity index (χ4n) is 3.14. The highest BCUT2D eigenvalue weighted by atomic mass is 19.1. The highest BCUT2D eigenvalue weighted by Gasteiger charge is 2.26. The fraction of sp³-hybridized carbons (Fsp3) is 0.333. The predicted octanol–water partition coefficient (Wildman–Crippen LogP) is 2.61. The second kappa shape index (κ2) is 9.53. The molecule has 1 aliphatic heterocycles. The quantitative estimate of drug-likeness (QED) is 0.509. The molecule has 1 aliphatic rings. The highest BCUT2D eigenvalue weighted by Crippen LogP contribution is 2.22. The molecule has 0 aliphatic carbocycles. The number of carbonyl (C=O) groups is 1. The van der Waals surface area contributed by atoms with Crippen molar-refractivity contribution in [3.05, 3.63) is 65.3 Å². The number of aromatic nitrogens is 2. The van der Waals surface area contributed by atoms with Gasteiger partial charge in [-0.2, -0.15) is 0 Å². The molecule has 2 aromatic rings. The van der Waals surface area contributed by atoms with Crippen LogP contribution in [0.4, 0.5) is 14.6 Å². The molecule has 1 saturated heterocycles. The van der Waals surface area contributed by atoms with Gasteiger partial charge in [0, 0.05) is 39.2 Å². The lowest BCUT2D eigenvalue weighted by molar-refractivity contribution is -0.114. The van der Waals surface area contributed by atoms with Crippen LogP contribution in [-0.4, -0.2) is 47.8 Å². The standard InChI is InChI=1S/C21H23F2N5O2/c1-13(29)19(25-10-14-5-3-4-6-16(14)22)9-18(24)20-26-11-17(23)21(27-20)28-8-7-15(12-28)30-2/h3-6,9,11,15,24-25H,7-8,10,12H2,1-2H3/b19-9-,24-18?. The molecule has 0 radical (unpaired) electrons. The minimum absolute atomic E-state index is 0.00550. The SMILES string of the molecule is COC1CCN(c2nc(C(=N)/C=C(\NCc3ccccc3F)C(C)=O)ncc2F)C1. The van der Waals surface area contributed by atoms with Gasteiger partial charge in [0.1, 0.15) is 11.5 Å². The number of carbonyl (C=O) groups excluding carboxylic acids is 1. The molecule has 30 heavy (non-hydrogen) atoms. The van der Waals surface area contributed by atoms with E-state index in [1.54, 1.807) is 30.2 Å². The Kier molecular flexibility index (Phi) is 6.83. The summed E-state index contributed by atoms with van der Waals surface area (Å²) in [6, 6.07) is 6.20. The number of anilines is 1. The van der Waals surface area contributed by atoms with Crippen LogP contribution in [0.1, 0.15) is 24.7 Å². The number of benzene rings is 1. The zero-order valence-corrected chi connectivity index (χ0v) is 16.8. The van der Waals surface area contributed by atoms with E-state index in [4.69, 9.17) is 10.1 Å². The van der Waals surface area contributed by atoms with Gasteiger partial charge in [-0.1, -0.05) is 18.2 Å². The number of Topliss-reactive ketones (excluding diaryl/α,β-unsaturated/α-hetero) is 1. The maximum atomic E-state index is 14.3. The molecule has 1 aromatic carbocycles. The van der Waals surface area contributed by atoms with Gasteiger partial charge in [-0.25, -0.2) is 18.7 Å². The van der Waals surface area contributed by atoms with Gasteiger partial charge in [-0.15, -0.1) is 0 Å². The van der Waals surface area contributed by atoms with Crippen molar-refractivity contribution >= 4 is 17.3 Å². The van der Waals surface area contributed by atoms with Gasteiger partial charge < -0.3 is 15.0 Å². The Morgan fingerprint density at radius 1 is 1.37 bits per heavy atom. The number of nitrogens with zero attached hydrogens (tertiary/aromatic N) is 3. The van der Waals surface area contributed by atoms with Crippen LogP contribution in [-0.2, 0) is 16.1 Å². The van der Waals surface area contributed by atoms with E-state index in [1.807, 2.05) is 0 Å². The van der Waals surface area contributed by atoms with Crippen LogP contribution < -0.4 is 10.2 Å². The van der Waals surface area contributed by atoms with Crippen molar-refractivity contribution in [3.8, 4) is 0 Å². The van der Waals surface area contributed by atoms with Gasteiger partial charge in [0.15, 0.2) is 23.2 Å². The van der Waals surface area contributed by atoms with E-state index in [2.05, 4.69) is 15.3 Å². The number of methoxy groups -OCH3 is 1. The van der Waals surface area contributed by atoms with E-state index in [0.29, 0.717) is 18.7 Å².